The van der Waals surface area contributed by atoms with Gasteiger partial charge in [-0.2, -0.15) is 0 Å². The molecule has 0 radical (unpaired) electrons. The summed E-state index contributed by atoms with van der Waals surface area (Å²) in [4.78, 5) is 0. The number of hydrogen-bond donors (Lipinski definition) is 1. The Hall–Kier alpha value is -1.02. The van der Waals surface area contributed by atoms with Gasteiger partial charge in [0, 0.05) is 5.92 Å². The average molecular weight is 359 g/mol. The zero-order valence-electron chi connectivity index (χ0n) is 17.5. The van der Waals surface area contributed by atoms with Gasteiger partial charge in [-0.25, -0.2) is 0 Å². The summed E-state index contributed by atoms with van der Waals surface area (Å²) in [7, 11) is 0. The number of aliphatic hydroxyl groups is 1. The molecule has 0 aromatic heterocycles. The first kappa shape index (κ1) is 19.7. The average Bonchev–Trinajstić information content (AvgIpc) is 2.57. The quantitative estimate of drug-likeness (QED) is 0.600. The molecule has 2 nitrogen and oxygen atoms in total. The van der Waals surface area contributed by atoms with Gasteiger partial charge in [0.25, 0.3) is 0 Å². The van der Waals surface area contributed by atoms with Crippen molar-refractivity contribution in [2.45, 2.75) is 109 Å². The third kappa shape index (κ3) is 3.96. The highest BCUT2D eigenvalue weighted by Gasteiger charge is 2.46. The second kappa shape index (κ2) is 7.54. The van der Waals surface area contributed by atoms with Crippen molar-refractivity contribution in [2.24, 2.45) is 5.92 Å². The molecule has 0 amide bonds. The third-order valence-electron chi connectivity index (χ3n) is 6.94. The van der Waals surface area contributed by atoms with Crippen LogP contribution >= 0.6 is 0 Å². The Kier molecular flexibility index (Phi) is 5.72. The molecular formula is C24H38O2. The minimum Gasteiger partial charge on any atom is -0.487 e. The molecule has 2 aliphatic rings. The zero-order chi connectivity index (χ0) is 18.9. The maximum Gasteiger partial charge on any atom is 0.123 e. The van der Waals surface area contributed by atoms with Gasteiger partial charge in [0.2, 0.25) is 0 Å². The van der Waals surface area contributed by atoms with Gasteiger partial charge in [0.05, 0.1) is 6.10 Å². The molecule has 1 fully saturated rings. The number of benzene rings is 1. The van der Waals surface area contributed by atoms with Crippen LogP contribution < -0.4 is 4.74 Å². The molecule has 0 saturated heterocycles. The molecular weight excluding hydrogens is 320 g/mol. The van der Waals surface area contributed by atoms with E-state index in [9.17, 15) is 5.11 Å². The van der Waals surface area contributed by atoms with Gasteiger partial charge >= 0.3 is 0 Å². The molecule has 1 heterocycles. The summed E-state index contributed by atoms with van der Waals surface area (Å²) in [5.41, 5.74) is 2.73. The van der Waals surface area contributed by atoms with E-state index >= 15 is 0 Å². The Balaban J connectivity index is 1.84. The lowest BCUT2D eigenvalue weighted by atomic mass is 9.65. The van der Waals surface area contributed by atoms with Crippen molar-refractivity contribution >= 4 is 0 Å². The molecule has 3 atom stereocenters. The molecule has 0 bridgehead atoms. The third-order valence-corrected chi connectivity index (χ3v) is 6.94. The van der Waals surface area contributed by atoms with Gasteiger partial charge in [0.15, 0.2) is 0 Å². The number of rotatable bonds is 6. The first-order valence-electron chi connectivity index (χ1n) is 10.8. The van der Waals surface area contributed by atoms with E-state index in [0.717, 1.165) is 25.0 Å². The number of ether oxygens (including phenoxy) is 1. The summed E-state index contributed by atoms with van der Waals surface area (Å²) in [6.07, 6.45) is 9.16. The van der Waals surface area contributed by atoms with Crippen LogP contribution in [0, 0.1) is 5.92 Å². The van der Waals surface area contributed by atoms with Crippen LogP contribution in [0.1, 0.15) is 103 Å². The zero-order valence-corrected chi connectivity index (χ0v) is 17.5. The maximum absolute atomic E-state index is 10.2. The molecule has 3 rings (SSSR count). The van der Waals surface area contributed by atoms with Crippen LogP contribution in [0.4, 0.5) is 0 Å². The van der Waals surface area contributed by atoms with Crippen molar-refractivity contribution in [1.82, 2.24) is 0 Å². The Morgan fingerprint density at radius 2 is 1.92 bits per heavy atom. The fourth-order valence-electron chi connectivity index (χ4n) is 5.17. The van der Waals surface area contributed by atoms with E-state index in [0.29, 0.717) is 11.8 Å². The van der Waals surface area contributed by atoms with Crippen molar-refractivity contribution in [3.05, 3.63) is 29.3 Å². The molecule has 1 aromatic rings. The lowest BCUT2D eigenvalue weighted by Crippen LogP contribution is -2.47. The van der Waals surface area contributed by atoms with Gasteiger partial charge < -0.3 is 9.84 Å². The summed E-state index contributed by atoms with van der Waals surface area (Å²) in [6, 6.07) is 6.91. The summed E-state index contributed by atoms with van der Waals surface area (Å²) < 4.78 is 6.52. The smallest absolute Gasteiger partial charge is 0.123 e. The summed E-state index contributed by atoms with van der Waals surface area (Å²) in [6.45, 7) is 11.5. The maximum atomic E-state index is 10.2. The molecule has 1 aliphatic heterocycles. The minimum atomic E-state index is -0.160. The number of hydrogen-bond acceptors (Lipinski definition) is 2. The highest BCUT2D eigenvalue weighted by Crippen LogP contribution is 2.52. The molecule has 1 saturated carbocycles. The molecule has 1 aromatic carbocycles. The second-order valence-corrected chi connectivity index (χ2v) is 9.83. The Morgan fingerprint density at radius 3 is 2.65 bits per heavy atom. The highest BCUT2D eigenvalue weighted by molar-refractivity contribution is 5.45. The predicted octanol–water partition coefficient (Wildman–Crippen LogP) is 6.35. The Morgan fingerprint density at radius 1 is 1.15 bits per heavy atom. The molecule has 26 heavy (non-hydrogen) atoms. The molecule has 0 unspecified atom stereocenters. The van der Waals surface area contributed by atoms with Gasteiger partial charge in [0.1, 0.15) is 11.4 Å². The van der Waals surface area contributed by atoms with Crippen molar-refractivity contribution in [2.75, 3.05) is 0 Å². The van der Waals surface area contributed by atoms with Crippen LogP contribution in [0.25, 0.3) is 0 Å². The van der Waals surface area contributed by atoms with Crippen molar-refractivity contribution < 1.29 is 9.84 Å². The van der Waals surface area contributed by atoms with E-state index in [-0.39, 0.29) is 17.1 Å². The van der Waals surface area contributed by atoms with Crippen LogP contribution in [0.3, 0.4) is 0 Å². The van der Waals surface area contributed by atoms with Crippen molar-refractivity contribution in [3.63, 3.8) is 0 Å². The van der Waals surface area contributed by atoms with Crippen LogP contribution in [-0.2, 0) is 5.41 Å². The largest absolute Gasteiger partial charge is 0.487 e. The molecule has 1 N–H and O–H groups in total. The van der Waals surface area contributed by atoms with Crippen LogP contribution in [0.15, 0.2) is 18.2 Å². The van der Waals surface area contributed by atoms with Gasteiger partial charge in [-0.3, -0.25) is 0 Å². The summed E-state index contributed by atoms with van der Waals surface area (Å²) >= 11 is 0. The lowest BCUT2D eigenvalue weighted by Gasteiger charge is -2.48. The van der Waals surface area contributed by atoms with E-state index in [1.807, 2.05) is 0 Å². The topological polar surface area (TPSA) is 29.5 Å². The van der Waals surface area contributed by atoms with Crippen molar-refractivity contribution in [3.8, 4) is 5.75 Å². The number of unbranched alkanes of at least 4 members (excludes halogenated alkanes) is 3. The van der Waals surface area contributed by atoms with Crippen LogP contribution in [0.2, 0.25) is 0 Å². The van der Waals surface area contributed by atoms with Gasteiger partial charge in [-0.05, 0) is 68.1 Å². The fraction of sp³-hybridized carbons (Fsp3) is 0.750. The molecule has 146 valence electrons. The van der Waals surface area contributed by atoms with Crippen LogP contribution in [-0.4, -0.2) is 16.8 Å². The van der Waals surface area contributed by atoms with E-state index in [4.69, 9.17) is 4.74 Å². The van der Waals surface area contributed by atoms with Gasteiger partial charge in [-0.1, -0.05) is 58.6 Å². The highest BCUT2D eigenvalue weighted by atomic mass is 16.5. The van der Waals surface area contributed by atoms with E-state index < -0.39 is 0 Å². The lowest BCUT2D eigenvalue weighted by molar-refractivity contribution is -0.0310. The molecule has 2 heteroatoms. The first-order valence-corrected chi connectivity index (χ1v) is 10.8. The summed E-state index contributed by atoms with van der Waals surface area (Å²) in [5, 5.41) is 10.2. The van der Waals surface area contributed by atoms with E-state index in [2.05, 4.69) is 52.8 Å². The minimum absolute atomic E-state index is 0.151. The van der Waals surface area contributed by atoms with E-state index in [1.165, 1.54) is 43.2 Å². The van der Waals surface area contributed by atoms with Crippen molar-refractivity contribution in [1.29, 1.82) is 0 Å². The second-order valence-electron chi connectivity index (χ2n) is 9.83. The number of aliphatic hydroxyl groups excluding tert-OH is 1. The molecule has 0 spiro atoms. The van der Waals surface area contributed by atoms with Gasteiger partial charge in [-0.15, -0.1) is 0 Å². The standard InChI is InChI=1S/C24H38O2/c1-6-7-8-9-14-23(2,3)17-10-12-19-20-16-18(25)11-13-21(20)24(4,5)26-22(19)15-17/h10,12,15,18,20-21,25H,6-9,11,13-14,16H2,1-5H3/t18-,20+,21-/m1/s1. The summed E-state index contributed by atoms with van der Waals surface area (Å²) in [5.74, 6) is 2.00. The number of fused-ring (bicyclic) bond motifs is 3. The monoisotopic (exact) mass is 358 g/mol. The molecule has 1 aliphatic carbocycles. The normalized spacial score (nSPS) is 27.4. The SMILES string of the molecule is CCCCCCC(C)(C)c1ccc2c(c1)OC(C)(C)[C@@H]1CC[C@@H](O)C[C@@H]21. The Bertz CT molecular complexity index is 617. The van der Waals surface area contributed by atoms with E-state index in [1.54, 1.807) is 0 Å². The first-order chi connectivity index (χ1) is 12.2. The fourth-order valence-corrected chi connectivity index (χ4v) is 5.17. The predicted molar refractivity (Wildman–Crippen MR) is 109 cm³/mol. The van der Waals surface area contributed by atoms with Crippen LogP contribution in [0.5, 0.6) is 5.75 Å². The Labute approximate surface area is 160 Å².